The van der Waals surface area contributed by atoms with Crippen molar-refractivity contribution in [3.05, 3.63) is 87.6 Å². The second-order valence-corrected chi connectivity index (χ2v) is 8.57. The third-order valence-electron chi connectivity index (χ3n) is 5.63. The van der Waals surface area contributed by atoms with Crippen molar-refractivity contribution in [2.24, 2.45) is 0 Å². The molecular weight excluding hydrogens is 422 g/mol. The highest BCUT2D eigenvalue weighted by atomic mass is 32.1. The van der Waals surface area contributed by atoms with Crippen LogP contribution in [-0.2, 0) is 0 Å². The van der Waals surface area contributed by atoms with E-state index in [-0.39, 0.29) is 0 Å². The summed E-state index contributed by atoms with van der Waals surface area (Å²) in [5.74, 6) is 0. The Kier molecular flexibility index (Phi) is 5.15. The highest BCUT2D eigenvalue weighted by Gasteiger charge is 2.15. The molecular formula is C26H21NO4S. The molecule has 3 heterocycles. The molecule has 0 atom stereocenters. The van der Waals surface area contributed by atoms with Gasteiger partial charge in [-0.15, -0.1) is 11.3 Å². The SMILES string of the molecule is CCN(CC)c1ccc2cc(-c3ccc(-c4cc5ccccc5oc4=O)s3)c(=O)oc2c1. The standard InChI is InChI=1S/C26H21NO4S/c1-3-27(4-2)18-10-9-17-14-20(26(29)31-22(17)15-18)24-12-11-23(32-24)19-13-16-7-5-6-8-21(16)30-25(19)28/h5-15H,3-4H2,1-2H3. The van der Waals surface area contributed by atoms with E-state index in [1.807, 2.05) is 60.7 Å². The van der Waals surface area contributed by atoms with Crippen LogP contribution in [0.25, 0.3) is 42.8 Å². The summed E-state index contributed by atoms with van der Waals surface area (Å²) in [6, 6.07) is 20.7. The van der Waals surface area contributed by atoms with E-state index in [0.29, 0.717) is 22.3 Å². The molecule has 32 heavy (non-hydrogen) atoms. The van der Waals surface area contributed by atoms with Gasteiger partial charge in [-0.25, -0.2) is 9.59 Å². The third kappa shape index (κ3) is 3.52. The molecule has 0 saturated carbocycles. The highest BCUT2D eigenvalue weighted by molar-refractivity contribution is 7.18. The lowest BCUT2D eigenvalue weighted by atomic mass is 10.1. The van der Waals surface area contributed by atoms with Gasteiger partial charge in [-0.3, -0.25) is 0 Å². The molecule has 160 valence electrons. The van der Waals surface area contributed by atoms with Crippen LogP contribution in [0.4, 0.5) is 5.69 Å². The van der Waals surface area contributed by atoms with E-state index in [1.54, 1.807) is 6.07 Å². The summed E-state index contributed by atoms with van der Waals surface area (Å²) >= 11 is 1.37. The molecule has 0 aliphatic rings. The number of para-hydroxylation sites is 1. The Bertz CT molecular complexity index is 1560. The minimum atomic E-state index is -0.397. The molecule has 5 aromatic rings. The molecule has 0 aliphatic heterocycles. The fraction of sp³-hybridized carbons (Fsp3) is 0.154. The van der Waals surface area contributed by atoms with Crippen LogP contribution in [0.3, 0.4) is 0 Å². The summed E-state index contributed by atoms with van der Waals surface area (Å²) in [6.45, 7) is 5.95. The lowest BCUT2D eigenvalue weighted by Crippen LogP contribution is -2.21. The zero-order chi connectivity index (χ0) is 22.2. The molecule has 3 aromatic heterocycles. The topological polar surface area (TPSA) is 63.7 Å². The predicted molar refractivity (Wildman–Crippen MR) is 131 cm³/mol. The summed E-state index contributed by atoms with van der Waals surface area (Å²) in [5.41, 5.74) is 2.32. The largest absolute Gasteiger partial charge is 0.422 e. The number of benzene rings is 2. The molecule has 2 aromatic carbocycles. The van der Waals surface area contributed by atoms with Crippen molar-refractivity contribution < 1.29 is 8.83 Å². The normalized spacial score (nSPS) is 11.3. The van der Waals surface area contributed by atoms with E-state index in [2.05, 4.69) is 18.7 Å². The van der Waals surface area contributed by atoms with E-state index >= 15 is 0 Å². The van der Waals surface area contributed by atoms with Gasteiger partial charge in [-0.1, -0.05) is 18.2 Å². The van der Waals surface area contributed by atoms with Gasteiger partial charge in [0.2, 0.25) is 0 Å². The van der Waals surface area contributed by atoms with Crippen LogP contribution in [0.15, 0.2) is 85.2 Å². The van der Waals surface area contributed by atoms with Crippen LogP contribution >= 0.6 is 11.3 Å². The van der Waals surface area contributed by atoms with Crippen LogP contribution in [0.1, 0.15) is 13.8 Å². The maximum Gasteiger partial charge on any atom is 0.345 e. The summed E-state index contributed by atoms with van der Waals surface area (Å²) in [6.07, 6.45) is 0. The number of hydrogen-bond acceptors (Lipinski definition) is 6. The first-order valence-electron chi connectivity index (χ1n) is 10.5. The molecule has 5 nitrogen and oxygen atoms in total. The summed E-state index contributed by atoms with van der Waals surface area (Å²) in [4.78, 5) is 29.0. The van der Waals surface area contributed by atoms with Gasteiger partial charge in [0.1, 0.15) is 11.2 Å². The maximum absolute atomic E-state index is 12.8. The summed E-state index contributed by atoms with van der Waals surface area (Å²) < 4.78 is 11.1. The van der Waals surface area contributed by atoms with Gasteiger partial charge < -0.3 is 13.7 Å². The molecule has 0 fully saturated rings. The van der Waals surface area contributed by atoms with E-state index < -0.39 is 11.3 Å². The first kappa shape index (κ1) is 20.3. The smallest absolute Gasteiger partial charge is 0.345 e. The molecule has 6 heteroatoms. The molecule has 0 saturated heterocycles. The Balaban J connectivity index is 1.56. The number of hydrogen-bond donors (Lipinski definition) is 0. The van der Waals surface area contributed by atoms with Crippen molar-refractivity contribution in [2.45, 2.75) is 13.8 Å². The van der Waals surface area contributed by atoms with Crippen molar-refractivity contribution in [3.63, 3.8) is 0 Å². The Hall–Kier alpha value is -3.64. The average Bonchev–Trinajstić information content (AvgIpc) is 3.28. The average molecular weight is 444 g/mol. The van der Waals surface area contributed by atoms with Crippen LogP contribution in [0, 0.1) is 0 Å². The fourth-order valence-electron chi connectivity index (χ4n) is 3.92. The van der Waals surface area contributed by atoms with E-state index in [1.165, 1.54) is 11.3 Å². The summed E-state index contributed by atoms with van der Waals surface area (Å²) in [7, 11) is 0. The number of fused-ring (bicyclic) bond motifs is 2. The number of anilines is 1. The number of nitrogens with zero attached hydrogens (tertiary/aromatic N) is 1. The van der Waals surface area contributed by atoms with Crippen molar-refractivity contribution in [1.82, 2.24) is 0 Å². The minimum absolute atomic E-state index is 0.395. The van der Waals surface area contributed by atoms with Gasteiger partial charge >= 0.3 is 11.3 Å². The van der Waals surface area contributed by atoms with Crippen molar-refractivity contribution >= 4 is 39.0 Å². The van der Waals surface area contributed by atoms with Crippen molar-refractivity contribution in [1.29, 1.82) is 0 Å². The van der Waals surface area contributed by atoms with Crippen molar-refractivity contribution in [3.8, 4) is 20.9 Å². The van der Waals surface area contributed by atoms with Crippen LogP contribution in [0.5, 0.6) is 0 Å². The third-order valence-corrected chi connectivity index (χ3v) is 6.78. The van der Waals surface area contributed by atoms with Gasteiger partial charge in [0.15, 0.2) is 0 Å². The Morgan fingerprint density at radius 2 is 1.31 bits per heavy atom. The lowest BCUT2D eigenvalue weighted by Gasteiger charge is -2.20. The highest BCUT2D eigenvalue weighted by Crippen LogP contribution is 2.34. The fourth-order valence-corrected chi connectivity index (χ4v) is 4.93. The van der Waals surface area contributed by atoms with Crippen LogP contribution in [0.2, 0.25) is 0 Å². The van der Waals surface area contributed by atoms with Crippen molar-refractivity contribution in [2.75, 3.05) is 18.0 Å². The molecule has 0 aliphatic carbocycles. The van der Waals surface area contributed by atoms with Gasteiger partial charge in [0.25, 0.3) is 0 Å². The molecule has 0 unspecified atom stereocenters. The Morgan fingerprint density at radius 1 is 0.719 bits per heavy atom. The predicted octanol–water partition coefficient (Wildman–Crippen LogP) is 6.14. The van der Waals surface area contributed by atoms with Crippen LogP contribution < -0.4 is 16.2 Å². The van der Waals surface area contributed by atoms with E-state index in [0.717, 1.165) is 39.3 Å². The molecule has 0 bridgehead atoms. The Morgan fingerprint density at radius 3 is 1.97 bits per heavy atom. The maximum atomic E-state index is 12.8. The van der Waals surface area contributed by atoms with Gasteiger partial charge in [-0.2, -0.15) is 0 Å². The monoisotopic (exact) mass is 443 g/mol. The number of thiophene rings is 1. The van der Waals surface area contributed by atoms with Gasteiger partial charge in [0.05, 0.1) is 11.1 Å². The first-order valence-corrected chi connectivity index (χ1v) is 11.4. The van der Waals surface area contributed by atoms with Crippen LogP contribution in [-0.4, -0.2) is 13.1 Å². The molecule has 0 amide bonds. The minimum Gasteiger partial charge on any atom is -0.422 e. The van der Waals surface area contributed by atoms with E-state index in [9.17, 15) is 9.59 Å². The molecule has 0 radical (unpaired) electrons. The Labute approximate surface area is 188 Å². The lowest BCUT2D eigenvalue weighted by molar-refractivity contribution is 0.563. The first-order chi connectivity index (χ1) is 15.6. The molecule has 0 spiro atoms. The second-order valence-electron chi connectivity index (χ2n) is 7.49. The summed E-state index contributed by atoms with van der Waals surface area (Å²) in [5, 5.41) is 1.71. The van der Waals surface area contributed by atoms with Gasteiger partial charge in [-0.05, 0) is 56.3 Å². The molecule has 0 N–H and O–H groups in total. The quantitative estimate of drug-likeness (QED) is 0.305. The van der Waals surface area contributed by atoms with E-state index in [4.69, 9.17) is 8.83 Å². The second kappa shape index (κ2) is 8.13. The molecule has 5 rings (SSSR count). The number of rotatable bonds is 5. The zero-order valence-electron chi connectivity index (χ0n) is 17.8. The van der Waals surface area contributed by atoms with Gasteiger partial charge in [0, 0.05) is 45.4 Å². The zero-order valence-corrected chi connectivity index (χ0v) is 18.6.